The monoisotopic (exact) mass is 264 g/mol. The van der Waals surface area contributed by atoms with Crippen molar-refractivity contribution in [2.24, 2.45) is 0 Å². The van der Waals surface area contributed by atoms with Crippen LogP contribution in [0.1, 0.15) is 22.3 Å². The molecule has 2 aromatic carbocycles. The van der Waals surface area contributed by atoms with Gasteiger partial charge < -0.3 is 0 Å². The maximum Gasteiger partial charge on any atom is 0.124 e. The fraction of sp³-hybridized carbons (Fsp3) is 0. The molecule has 0 N–H and O–H groups in total. The van der Waals surface area contributed by atoms with E-state index in [2.05, 4.69) is 11.8 Å². The van der Waals surface area contributed by atoms with Crippen molar-refractivity contribution in [1.82, 2.24) is 0 Å². The summed E-state index contributed by atoms with van der Waals surface area (Å²) in [5.41, 5.74) is 0.917. The second-order valence-electron chi connectivity index (χ2n) is 3.85. The van der Waals surface area contributed by atoms with E-state index in [1.165, 1.54) is 24.3 Å². The van der Waals surface area contributed by atoms with Gasteiger partial charge in [0.05, 0.1) is 11.1 Å². The molecule has 0 radical (unpaired) electrons. The third-order valence-electron chi connectivity index (χ3n) is 2.54. The largest absolute Gasteiger partial charge is 0.207 e. The minimum Gasteiger partial charge on any atom is -0.207 e. The summed E-state index contributed by atoms with van der Waals surface area (Å²) in [7, 11) is 0. The molecule has 94 valence electrons. The molecule has 4 heteroatoms. The molecule has 0 saturated heterocycles. The summed E-state index contributed by atoms with van der Waals surface area (Å²) in [6.45, 7) is 0. The predicted molar refractivity (Wildman–Crippen MR) is 68.2 cm³/mol. The Kier molecular flexibility index (Phi) is 3.75. The molecule has 2 nitrogen and oxygen atoms in total. The van der Waals surface area contributed by atoms with E-state index in [1.54, 1.807) is 0 Å². The SMILES string of the molecule is N#Cc1cc(F)ccc1C#Cc1ccc(F)cc1C#N. The van der Waals surface area contributed by atoms with E-state index in [0.717, 1.165) is 12.1 Å². The van der Waals surface area contributed by atoms with Gasteiger partial charge in [-0.15, -0.1) is 0 Å². The molecule has 0 amide bonds. The summed E-state index contributed by atoms with van der Waals surface area (Å²) in [5, 5.41) is 17.8. The lowest BCUT2D eigenvalue weighted by Gasteiger charge is -1.96. The van der Waals surface area contributed by atoms with E-state index in [4.69, 9.17) is 10.5 Å². The number of rotatable bonds is 0. The zero-order valence-electron chi connectivity index (χ0n) is 10.1. The van der Waals surface area contributed by atoms with Gasteiger partial charge in [0.2, 0.25) is 0 Å². The van der Waals surface area contributed by atoms with Crippen LogP contribution in [0.15, 0.2) is 36.4 Å². The molecular weight excluding hydrogens is 258 g/mol. The Morgan fingerprint density at radius 1 is 0.650 bits per heavy atom. The van der Waals surface area contributed by atoms with Crippen LogP contribution in [-0.4, -0.2) is 0 Å². The topological polar surface area (TPSA) is 47.6 Å². The first-order valence-electron chi connectivity index (χ1n) is 5.55. The van der Waals surface area contributed by atoms with Gasteiger partial charge in [-0.25, -0.2) is 8.78 Å². The molecule has 0 atom stereocenters. The van der Waals surface area contributed by atoms with Crippen LogP contribution < -0.4 is 0 Å². The Morgan fingerprint density at radius 2 is 1.05 bits per heavy atom. The van der Waals surface area contributed by atoms with Gasteiger partial charge in [-0.3, -0.25) is 0 Å². The minimum absolute atomic E-state index is 0.109. The quantitative estimate of drug-likeness (QED) is 0.686. The fourth-order valence-electron chi connectivity index (χ4n) is 1.57. The molecule has 0 unspecified atom stereocenters. The van der Waals surface area contributed by atoms with Crippen molar-refractivity contribution < 1.29 is 8.78 Å². The summed E-state index contributed by atoms with van der Waals surface area (Å²) < 4.78 is 26.0. The van der Waals surface area contributed by atoms with Gasteiger partial charge in [0, 0.05) is 11.1 Å². The molecule has 0 aliphatic carbocycles. The number of nitrogens with zero attached hydrogens (tertiary/aromatic N) is 2. The fourth-order valence-corrected chi connectivity index (χ4v) is 1.57. The number of nitriles is 2. The van der Waals surface area contributed by atoms with E-state index in [-0.39, 0.29) is 11.1 Å². The van der Waals surface area contributed by atoms with E-state index < -0.39 is 11.6 Å². The van der Waals surface area contributed by atoms with Crippen molar-refractivity contribution in [2.45, 2.75) is 0 Å². The number of benzene rings is 2. The van der Waals surface area contributed by atoms with Gasteiger partial charge in [0.25, 0.3) is 0 Å². The van der Waals surface area contributed by atoms with Gasteiger partial charge in [-0.05, 0) is 36.4 Å². The summed E-state index contributed by atoms with van der Waals surface area (Å²) in [4.78, 5) is 0. The molecule has 0 bridgehead atoms. The lowest BCUT2D eigenvalue weighted by molar-refractivity contribution is 0.626. The molecule has 2 rings (SSSR count). The van der Waals surface area contributed by atoms with Gasteiger partial charge in [0.1, 0.15) is 23.8 Å². The lowest BCUT2D eigenvalue weighted by atomic mass is 10.1. The first-order chi connectivity index (χ1) is 9.63. The average Bonchev–Trinajstić information content (AvgIpc) is 2.46. The Morgan fingerprint density at radius 3 is 1.40 bits per heavy atom. The van der Waals surface area contributed by atoms with Gasteiger partial charge in [-0.2, -0.15) is 10.5 Å². The van der Waals surface area contributed by atoms with Crippen LogP contribution in [0.5, 0.6) is 0 Å². The molecule has 0 spiro atoms. The highest BCUT2D eigenvalue weighted by Crippen LogP contribution is 2.11. The predicted octanol–water partition coefficient (Wildman–Crippen LogP) is 3.11. The number of hydrogen-bond acceptors (Lipinski definition) is 2. The summed E-state index contributed by atoms with van der Waals surface area (Å²) in [6, 6.07) is 11.0. The molecule has 0 aromatic heterocycles. The van der Waals surface area contributed by atoms with Crippen LogP contribution in [0, 0.1) is 46.1 Å². The van der Waals surface area contributed by atoms with E-state index in [0.29, 0.717) is 11.1 Å². The Labute approximate surface area is 114 Å². The normalized spacial score (nSPS) is 9.00. The number of halogens is 2. The van der Waals surface area contributed by atoms with Gasteiger partial charge in [-0.1, -0.05) is 11.8 Å². The summed E-state index contributed by atoms with van der Waals surface area (Å²) in [6.07, 6.45) is 0. The molecule has 0 aliphatic rings. The van der Waals surface area contributed by atoms with Crippen molar-refractivity contribution in [3.63, 3.8) is 0 Å². The van der Waals surface area contributed by atoms with E-state index in [1.807, 2.05) is 12.1 Å². The van der Waals surface area contributed by atoms with Crippen LogP contribution in [0.2, 0.25) is 0 Å². The highest BCUT2D eigenvalue weighted by molar-refractivity contribution is 5.54. The van der Waals surface area contributed by atoms with Crippen LogP contribution >= 0.6 is 0 Å². The van der Waals surface area contributed by atoms with Gasteiger partial charge in [0.15, 0.2) is 0 Å². The third-order valence-corrected chi connectivity index (χ3v) is 2.54. The zero-order valence-corrected chi connectivity index (χ0v) is 10.1. The third kappa shape index (κ3) is 2.80. The van der Waals surface area contributed by atoms with Crippen molar-refractivity contribution in [3.05, 3.63) is 70.3 Å². The van der Waals surface area contributed by atoms with Crippen LogP contribution in [0.3, 0.4) is 0 Å². The maximum absolute atomic E-state index is 13.0. The summed E-state index contributed by atoms with van der Waals surface area (Å²) in [5.74, 6) is 4.33. The zero-order chi connectivity index (χ0) is 14.5. The van der Waals surface area contributed by atoms with Crippen LogP contribution in [0.4, 0.5) is 8.78 Å². The molecule has 2 aromatic rings. The highest BCUT2D eigenvalue weighted by Gasteiger charge is 2.03. The maximum atomic E-state index is 13.0. The second kappa shape index (κ2) is 5.65. The van der Waals surface area contributed by atoms with E-state index >= 15 is 0 Å². The van der Waals surface area contributed by atoms with Gasteiger partial charge >= 0.3 is 0 Å². The standard InChI is InChI=1S/C16H6F2N2/c17-15-5-3-11(13(7-15)9-19)1-2-12-4-6-16(18)8-14(12)10-20/h3-8H. The molecule has 0 heterocycles. The Balaban J connectivity index is 2.48. The summed E-state index contributed by atoms with van der Waals surface area (Å²) >= 11 is 0. The van der Waals surface area contributed by atoms with Crippen LogP contribution in [0.25, 0.3) is 0 Å². The Bertz CT molecular complexity index is 748. The average molecular weight is 264 g/mol. The molecule has 20 heavy (non-hydrogen) atoms. The highest BCUT2D eigenvalue weighted by atomic mass is 19.1. The molecule has 0 fully saturated rings. The van der Waals surface area contributed by atoms with Crippen molar-refractivity contribution >= 4 is 0 Å². The lowest BCUT2D eigenvalue weighted by Crippen LogP contribution is -1.88. The second-order valence-corrected chi connectivity index (χ2v) is 3.85. The Hall–Kier alpha value is -3.16. The molecule has 0 saturated carbocycles. The minimum atomic E-state index is -0.522. The van der Waals surface area contributed by atoms with Crippen molar-refractivity contribution in [2.75, 3.05) is 0 Å². The molecule has 0 aliphatic heterocycles. The van der Waals surface area contributed by atoms with E-state index in [9.17, 15) is 8.78 Å². The first kappa shape index (κ1) is 13.3. The first-order valence-corrected chi connectivity index (χ1v) is 5.55. The number of hydrogen-bond donors (Lipinski definition) is 0. The van der Waals surface area contributed by atoms with Crippen molar-refractivity contribution in [3.8, 4) is 24.0 Å². The van der Waals surface area contributed by atoms with Crippen LogP contribution in [-0.2, 0) is 0 Å². The van der Waals surface area contributed by atoms with Crippen molar-refractivity contribution in [1.29, 1.82) is 10.5 Å². The molecular formula is C16H6F2N2. The smallest absolute Gasteiger partial charge is 0.124 e.